The molecule has 33 heavy (non-hydrogen) atoms. The predicted molar refractivity (Wildman–Crippen MR) is 109 cm³/mol. The molecule has 0 aromatic heterocycles. The number of carboxylic acids is 8. The van der Waals surface area contributed by atoms with Gasteiger partial charge in [0.1, 0.15) is 0 Å². The minimum atomic E-state index is -1.26. The second-order valence-corrected chi connectivity index (χ2v) is 4.04. The maximum Gasteiger partial charge on any atom is 0.328 e. The molecule has 184 valence electrons. The van der Waals surface area contributed by atoms with E-state index in [1.165, 1.54) is 0 Å². The quantitative estimate of drug-likeness (QED) is 0.126. The Kier molecular flexibility index (Phi) is 29.2. The normalized spacial score (nSPS) is 9.21. The van der Waals surface area contributed by atoms with E-state index in [0.717, 1.165) is 0 Å². The Bertz CT molecular complexity index is 618. The third-order valence-corrected chi connectivity index (χ3v) is 1.47. The van der Waals surface area contributed by atoms with Crippen LogP contribution in [0.25, 0.3) is 0 Å². The number of hydrogen-bond acceptors (Lipinski definition) is 8. The Hall–Kier alpha value is -5.06. The van der Waals surface area contributed by atoms with E-state index in [1.807, 2.05) is 0 Å². The van der Waals surface area contributed by atoms with Crippen molar-refractivity contribution >= 4 is 58.7 Å². The van der Waals surface area contributed by atoms with Crippen molar-refractivity contribution in [2.45, 2.75) is 0 Å². The van der Waals surface area contributed by atoms with E-state index in [-0.39, 0.29) is 11.0 Å². The van der Waals surface area contributed by atoms with Gasteiger partial charge in [0.25, 0.3) is 0 Å². The lowest BCUT2D eigenvalue weighted by atomic mass is 10.5. The van der Waals surface area contributed by atoms with Crippen LogP contribution in [-0.2, 0) is 38.4 Å². The highest BCUT2D eigenvalue weighted by Crippen LogP contribution is 1.72. The molecule has 0 saturated carbocycles. The molecule has 17 heteroatoms. The number of carbonyl (C=O) groups is 8. The smallest absolute Gasteiger partial charge is 0.328 e. The molecule has 0 radical (unpaired) electrons. The zero-order valence-corrected chi connectivity index (χ0v) is 15.5. The van der Waals surface area contributed by atoms with E-state index in [4.69, 9.17) is 40.9 Å². The fourth-order valence-electron chi connectivity index (χ4n) is 0.570. The molecular formula is C16H20O16Si. The van der Waals surface area contributed by atoms with E-state index in [0.29, 0.717) is 48.6 Å². The summed E-state index contributed by atoms with van der Waals surface area (Å²) < 4.78 is 0. The molecule has 0 spiro atoms. The lowest BCUT2D eigenvalue weighted by molar-refractivity contribution is -0.134. The van der Waals surface area contributed by atoms with Crippen molar-refractivity contribution in [2.75, 3.05) is 0 Å². The van der Waals surface area contributed by atoms with Gasteiger partial charge < -0.3 is 40.9 Å². The molecule has 0 amide bonds. The van der Waals surface area contributed by atoms with Gasteiger partial charge in [-0.15, -0.1) is 0 Å². The second kappa shape index (κ2) is 25.0. The van der Waals surface area contributed by atoms with Crippen molar-refractivity contribution in [3.05, 3.63) is 48.6 Å². The summed E-state index contributed by atoms with van der Waals surface area (Å²) in [6.07, 6.45) is 4.46. The highest BCUT2D eigenvalue weighted by atomic mass is 28.1. The van der Waals surface area contributed by atoms with Gasteiger partial charge in [-0.05, 0) is 11.0 Å². The van der Waals surface area contributed by atoms with Crippen molar-refractivity contribution in [3.63, 3.8) is 0 Å². The predicted octanol–water partition coefficient (Wildman–Crippen LogP) is -2.60. The van der Waals surface area contributed by atoms with Crippen LogP contribution < -0.4 is 0 Å². The summed E-state index contributed by atoms with van der Waals surface area (Å²) in [6.45, 7) is 0. The third kappa shape index (κ3) is 75.1. The largest absolute Gasteiger partial charge is 0.478 e. The van der Waals surface area contributed by atoms with E-state index >= 15 is 0 Å². The van der Waals surface area contributed by atoms with Crippen LogP contribution in [-0.4, -0.2) is 99.6 Å². The van der Waals surface area contributed by atoms with Gasteiger partial charge in [0, 0.05) is 48.6 Å². The maximum atomic E-state index is 9.55. The van der Waals surface area contributed by atoms with Gasteiger partial charge in [-0.25, -0.2) is 38.4 Å². The van der Waals surface area contributed by atoms with Crippen molar-refractivity contribution < 1.29 is 79.2 Å². The second-order valence-electron chi connectivity index (χ2n) is 4.04. The standard InChI is InChI=1S/4C4H4O4.H4Si/c4*5-3(6)1-2-4(7)8;/h4*1-2H,(H,5,6)(H,7,8);1H4/b4*2-1+;. The number of rotatable bonds is 8. The van der Waals surface area contributed by atoms with Gasteiger partial charge in [0.15, 0.2) is 0 Å². The van der Waals surface area contributed by atoms with Crippen LogP contribution >= 0.6 is 0 Å². The van der Waals surface area contributed by atoms with Gasteiger partial charge in [-0.3, -0.25) is 0 Å². The molecule has 0 aliphatic heterocycles. The molecule has 16 nitrogen and oxygen atoms in total. The van der Waals surface area contributed by atoms with Crippen molar-refractivity contribution in [2.24, 2.45) is 0 Å². The first-order valence-corrected chi connectivity index (χ1v) is 7.06. The Morgan fingerprint density at radius 3 is 0.364 bits per heavy atom. The van der Waals surface area contributed by atoms with Gasteiger partial charge >= 0.3 is 47.8 Å². The average molecular weight is 496 g/mol. The lowest BCUT2D eigenvalue weighted by Crippen LogP contribution is -1.91. The average Bonchev–Trinajstić information content (AvgIpc) is 2.63. The summed E-state index contributed by atoms with van der Waals surface area (Å²) in [5.41, 5.74) is 0. The van der Waals surface area contributed by atoms with E-state index in [1.54, 1.807) is 0 Å². The van der Waals surface area contributed by atoms with Crippen molar-refractivity contribution in [1.29, 1.82) is 0 Å². The van der Waals surface area contributed by atoms with Crippen LogP contribution in [0.5, 0.6) is 0 Å². The zero-order chi connectivity index (χ0) is 26.3. The molecule has 0 fully saturated rings. The van der Waals surface area contributed by atoms with E-state index < -0.39 is 47.8 Å². The summed E-state index contributed by atoms with van der Waals surface area (Å²) in [6, 6.07) is 0. The molecule has 0 heterocycles. The van der Waals surface area contributed by atoms with Crippen LogP contribution in [0.1, 0.15) is 0 Å². The fourth-order valence-corrected chi connectivity index (χ4v) is 0.570. The van der Waals surface area contributed by atoms with Crippen LogP contribution in [0.4, 0.5) is 0 Å². The summed E-state index contributed by atoms with van der Waals surface area (Å²) in [5.74, 6) is -10.1. The van der Waals surface area contributed by atoms with Gasteiger partial charge in [-0.1, -0.05) is 0 Å². The first kappa shape index (κ1) is 38.5. The Morgan fingerprint density at radius 2 is 0.333 bits per heavy atom. The first-order valence-electron chi connectivity index (χ1n) is 7.06. The highest BCUT2D eigenvalue weighted by Gasteiger charge is 1.90. The topological polar surface area (TPSA) is 298 Å². The van der Waals surface area contributed by atoms with E-state index in [9.17, 15) is 38.4 Å². The van der Waals surface area contributed by atoms with E-state index in [2.05, 4.69) is 0 Å². The maximum absolute atomic E-state index is 9.55. The van der Waals surface area contributed by atoms with Gasteiger partial charge in [-0.2, -0.15) is 0 Å². The SMILES string of the molecule is O=C(O)/C=C/C(=O)O.O=C(O)/C=C/C(=O)O.O=C(O)/C=C/C(=O)O.O=C(O)/C=C/C(=O)O.[SiH4]. The van der Waals surface area contributed by atoms with Gasteiger partial charge in [0.05, 0.1) is 0 Å². The van der Waals surface area contributed by atoms with Gasteiger partial charge in [0.2, 0.25) is 0 Å². The molecular weight excluding hydrogens is 476 g/mol. The molecule has 0 aliphatic carbocycles. The molecule has 0 bridgehead atoms. The molecule has 0 rings (SSSR count). The molecule has 0 saturated heterocycles. The highest BCUT2D eigenvalue weighted by molar-refractivity contribution is 5.91. The number of carboxylic acid groups (broad SMARTS) is 8. The van der Waals surface area contributed by atoms with Crippen LogP contribution in [0.15, 0.2) is 48.6 Å². The monoisotopic (exact) mass is 496 g/mol. The number of aliphatic carboxylic acids is 8. The lowest BCUT2D eigenvalue weighted by Gasteiger charge is -1.74. The van der Waals surface area contributed by atoms with Crippen LogP contribution in [0.3, 0.4) is 0 Å². The zero-order valence-electron chi connectivity index (χ0n) is 15.5. The molecule has 8 N–H and O–H groups in total. The van der Waals surface area contributed by atoms with Crippen molar-refractivity contribution in [3.8, 4) is 0 Å². The summed E-state index contributed by atoms with van der Waals surface area (Å²) in [7, 11) is 0. The van der Waals surface area contributed by atoms with Crippen molar-refractivity contribution in [1.82, 2.24) is 0 Å². The van der Waals surface area contributed by atoms with Crippen LogP contribution in [0, 0.1) is 0 Å². The fraction of sp³-hybridized carbons (Fsp3) is 0. The third-order valence-electron chi connectivity index (χ3n) is 1.47. The Labute approximate surface area is 187 Å². The Morgan fingerprint density at radius 1 is 0.273 bits per heavy atom. The van der Waals surface area contributed by atoms with Crippen LogP contribution in [0.2, 0.25) is 0 Å². The summed E-state index contributed by atoms with van der Waals surface area (Å²) in [5, 5.41) is 62.5. The molecule has 0 atom stereocenters. The molecule has 0 aromatic carbocycles. The summed E-state index contributed by atoms with van der Waals surface area (Å²) in [4.78, 5) is 76.4. The first-order chi connectivity index (χ1) is 14.5. The Balaban J connectivity index is -0.000000105. The molecule has 0 aliphatic rings. The summed E-state index contributed by atoms with van der Waals surface area (Å²) >= 11 is 0. The molecule has 0 aromatic rings. The molecule has 0 unspecified atom stereocenters. The minimum absolute atomic E-state index is 0. The number of hydrogen-bond donors (Lipinski definition) is 8. The minimum Gasteiger partial charge on any atom is -0.478 e.